The Morgan fingerprint density at radius 1 is 1.40 bits per heavy atom. The van der Waals surface area contributed by atoms with Crippen LogP contribution in [-0.4, -0.2) is 9.38 Å². The van der Waals surface area contributed by atoms with E-state index in [1.807, 2.05) is 6.20 Å². The van der Waals surface area contributed by atoms with Crippen LogP contribution in [0.3, 0.4) is 0 Å². The van der Waals surface area contributed by atoms with E-state index in [1.54, 1.807) is 0 Å². The zero-order valence-corrected chi connectivity index (χ0v) is 9.70. The molecule has 0 fully saturated rings. The van der Waals surface area contributed by atoms with Crippen molar-refractivity contribution in [3.8, 4) is 0 Å². The summed E-state index contributed by atoms with van der Waals surface area (Å²) in [5, 5.41) is 0. The van der Waals surface area contributed by atoms with Crippen LogP contribution in [0.2, 0.25) is 0 Å². The number of aromatic nitrogens is 2. The molecule has 15 heavy (non-hydrogen) atoms. The van der Waals surface area contributed by atoms with Crippen LogP contribution in [0, 0.1) is 0 Å². The quantitative estimate of drug-likeness (QED) is 0.745. The summed E-state index contributed by atoms with van der Waals surface area (Å²) in [7, 11) is 0. The minimum Gasteiger partial charge on any atom is -0.304 e. The van der Waals surface area contributed by atoms with Crippen molar-refractivity contribution < 1.29 is 0 Å². The fourth-order valence-corrected chi connectivity index (χ4v) is 1.91. The van der Waals surface area contributed by atoms with Gasteiger partial charge in [0.15, 0.2) is 0 Å². The van der Waals surface area contributed by atoms with Crippen molar-refractivity contribution in [3.63, 3.8) is 0 Å². The van der Waals surface area contributed by atoms with Gasteiger partial charge in [-0.3, -0.25) is 0 Å². The van der Waals surface area contributed by atoms with Crippen molar-refractivity contribution in [2.75, 3.05) is 0 Å². The van der Waals surface area contributed by atoms with E-state index in [1.165, 1.54) is 17.7 Å². The zero-order chi connectivity index (χ0) is 10.8. The minimum atomic E-state index is 0.525. The maximum Gasteiger partial charge on any atom is 0.137 e. The molecule has 0 unspecified atom stereocenters. The number of fused-ring (bicyclic) bond motifs is 1. The predicted octanol–water partition coefficient (Wildman–Crippen LogP) is 3.41. The molecule has 0 aliphatic rings. The highest BCUT2D eigenvalue weighted by Crippen LogP contribution is 2.17. The smallest absolute Gasteiger partial charge is 0.137 e. The number of pyridine rings is 1. The fraction of sp³-hybridized carbons (Fsp3) is 0.462. The minimum absolute atomic E-state index is 0.525. The van der Waals surface area contributed by atoms with E-state index < -0.39 is 0 Å². The number of rotatable bonds is 3. The SMILES string of the molecule is CCCc1ccn2c(C(C)C)cnc2c1. The Hall–Kier alpha value is -1.31. The second-order valence-electron chi connectivity index (χ2n) is 4.35. The number of aryl methyl sites for hydroxylation is 1. The van der Waals surface area contributed by atoms with Crippen molar-refractivity contribution >= 4 is 5.65 Å². The fourth-order valence-electron chi connectivity index (χ4n) is 1.91. The van der Waals surface area contributed by atoms with E-state index in [9.17, 15) is 0 Å². The highest BCUT2D eigenvalue weighted by molar-refractivity contribution is 5.43. The molecule has 0 spiro atoms. The topological polar surface area (TPSA) is 17.3 Å². The Morgan fingerprint density at radius 2 is 2.20 bits per heavy atom. The van der Waals surface area contributed by atoms with Gasteiger partial charge in [-0.15, -0.1) is 0 Å². The molecule has 0 amide bonds. The third-order valence-corrected chi connectivity index (χ3v) is 2.74. The highest BCUT2D eigenvalue weighted by Gasteiger charge is 2.06. The van der Waals surface area contributed by atoms with Crippen LogP contribution in [-0.2, 0) is 6.42 Å². The molecule has 2 aromatic heterocycles. The van der Waals surface area contributed by atoms with Gasteiger partial charge in [-0.25, -0.2) is 4.98 Å². The molecule has 2 aromatic rings. The first-order valence-electron chi connectivity index (χ1n) is 5.68. The lowest BCUT2D eigenvalue weighted by Crippen LogP contribution is -1.95. The summed E-state index contributed by atoms with van der Waals surface area (Å²) in [6.45, 7) is 6.60. The summed E-state index contributed by atoms with van der Waals surface area (Å²) in [6.07, 6.45) is 6.45. The number of nitrogens with zero attached hydrogens (tertiary/aromatic N) is 2. The van der Waals surface area contributed by atoms with Gasteiger partial charge in [0.25, 0.3) is 0 Å². The Labute approximate surface area is 91.0 Å². The molecule has 0 aliphatic heterocycles. The van der Waals surface area contributed by atoms with Crippen molar-refractivity contribution in [1.29, 1.82) is 0 Å². The molecular formula is C13H18N2. The first-order valence-corrected chi connectivity index (χ1v) is 5.68. The molecule has 0 aliphatic carbocycles. The summed E-state index contributed by atoms with van der Waals surface area (Å²) in [4.78, 5) is 4.45. The first-order chi connectivity index (χ1) is 7.22. The van der Waals surface area contributed by atoms with Crippen LogP contribution in [0.1, 0.15) is 44.4 Å². The average Bonchev–Trinajstić information content (AvgIpc) is 2.61. The van der Waals surface area contributed by atoms with Gasteiger partial charge in [0.05, 0.1) is 0 Å². The molecule has 2 rings (SSSR count). The van der Waals surface area contributed by atoms with Crippen LogP contribution >= 0.6 is 0 Å². The van der Waals surface area contributed by atoms with Gasteiger partial charge < -0.3 is 4.40 Å². The van der Waals surface area contributed by atoms with Crippen LogP contribution < -0.4 is 0 Å². The Bertz CT molecular complexity index is 455. The van der Waals surface area contributed by atoms with Gasteiger partial charge in [-0.05, 0) is 30.0 Å². The molecule has 80 valence electrons. The Kier molecular flexibility index (Phi) is 2.76. The molecule has 0 N–H and O–H groups in total. The molecule has 0 saturated carbocycles. The lowest BCUT2D eigenvalue weighted by molar-refractivity contribution is 0.807. The maximum atomic E-state index is 4.45. The average molecular weight is 202 g/mol. The molecule has 2 nitrogen and oxygen atoms in total. The van der Waals surface area contributed by atoms with Crippen LogP contribution in [0.25, 0.3) is 5.65 Å². The second kappa shape index (κ2) is 4.05. The van der Waals surface area contributed by atoms with Crippen molar-refractivity contribution in [3.05, 3.63) is 35.8 Å². The molecular weight excluding hydrogens is 184 g/mol. The molecule has 0 aromatic carbocycles. The van der Waals surface area contributed by atoms with Crippen LogP contribution in [0.15, 0.2) is 24.5 Å². The lowest BCUT2D eigenvalue weighted by Gasteiger charge is -2.05. The van der Waals surface area contributed by atoms with Gasteiger partial charge in [0, 0.05) is 18.1 Å². The van der Waals surface area contributed by atoms with Gasteiger partial charge in [0.1, 0.15) is 5.65 Å². The van der Waals surface area contributed by atoms with E-state index in [-0.39, 0.29) is 0 Å². The summed E-state index contributed by atoms with van der Waals surface area (Å²) >= 11 is 0. The molecule has 2 heterocycles. The van der Waals surface area contributed by atoms with Crippen molar-refractivity contribution in [2.45, 2.75) is 39.5 Å². The van der Waals surface area contributed by atoms with Crippen LogP contribution in [0.5, 0.6) is 0 Å². The molecule has 0 saturated heterocycles. The summed E-state index contributed by atoms with van der Waals surface area (Å²) in [5.74, 6) is 0.525. The summed E-state index contributed by atoms with van der Waals surface area (Å²) < 4.78 is 2.18. The normalized spacial score (nSPS) is 11.5. The molecule has 0 atom stereocenters. The number of hydrogen-bond acceptors (Lipinski definition) is 1. The van der Waals surface area contributed by atoms with E-state index in [0.29, 0.717) is 5.92 Å². The summed E-state index contributed by atoms with van der Waals surface area (Å²) in [5.41, 5.74) is 3.74. The van der Waals surface area contributed by atoms with Gasteiger partial charge in [0.2, 0.25) is 0 Å². The Morgan fingerprint density at radius 3 is 2.87 bits per heavy atom. The van der Waals surface area contributed by atoms with Gasteiger partial charge >= 0.3 is 0 Å². The van der Waals surface area contributed by atoms with Gasteiger partial charge in [-0.1, -0.05) is 27.2 Å². The standard InChI is InChI=1S/C13H18N2/c1-4-5-11-6-7-15-12(10(2)3)9-14-13(15)8-11/h6-10H,4-5H2,1-3H3. The summed E-state index contributed by atoms with van der Waals surface area (Å²) in [6, 6.07) is 4.39. The first kappa shape index (κ1) is 10.2. The third-order valence-electron chi connectivity index (χ3n) is 2.74. The highest BCUT2D eigenvalue weighted by atomic mass is 15.0. The zero-order valence-electron chi connectivity index (χ0n) is 9.70. The van der Waals surface area contributed by atoms with E-state index in [2.05, 4.69) is 48.5 Å². The van der Waals surface area contributed by atoms with E-state index in [0.717, 1.165) is 12.1 Å². The molecule has 0 bridgehead atoms. The predicted molar refractivity (Wildman–Crippen MR) is 63.3 cm³/mol. The second-order valence-corrected chi connectivity index (χ2v) is 4.35. The Balaban J connectivity index is 2.47. The molecule has 0 radical (unpaired) electrons. The number of hydrogen-bond donors (Lipinski definition) is 0. The number of imidazole rings is 1. The van der Waals surface area contributed by atoms with Gasteiger partial charge in [-0.2, -0.15) is 0 Å². The van der Waals surface area contributed by atoms with Crippen molar-refractivity contribution in [2.24, 2.45) is 0 Å². The molecule has 2 heteroatoms. The monoisotopic (exact) mass is 202 g/mol. The van der Waals surface area contributed by atoms with E-state index >= 15 is 0 Å². The van der Waals surface area contributed by atoms with Crippen molar-refractivity contribution in [1.82, 2.24) is 9.38 Å². The van der Waals surface area contributed by atoms with Crippen LogP contribution in [0.4, 0.5) is 0 Å². The van der Waals surface area contributed by atoms with E-state index in [4.69, 9.17) is 0 Å². The largest absolute Gasteiger partial charge is 0.304 e. The lowest BCUT2D eigenvalue weighted by atomic mass is 10.1. The maximum absolute atomic E-state index is 4.45. The third kappa shape index (κ3) is 1.89.